The first-order valence-electron chi connectivity index (χ1n) is 4.72. The monoisotopic (exact) mass is 313 g/mol. The number of nitrogens with two attached hydrogens (primary N) is 1. The van der Waals surface area contributed by atoms with Crippen molar-refractivity contribution in [2.24, 2.45) is 5.73 Å². The Morgan fingerprint density at radius 2 is 2.27 bits per heavy atom. The highest BCUT2D eigenvalue weighted by atomic mass is 127. The van der Waals surface area contributed by atoms with Gasteiger partial charge in [0, 0.05) is 15.3 Å². The minimum Gasteiger partial charge on any atom is -0.323 e. The molecule has 1 heterocycles. The summed E-state index contributed by atoms with van der Waals surface area (Å²) < 4.78 is 3.22. The smallest absolute Gasteiger partial charge is 0.0994 e. The van der Waals surface area contributed by atoms with Crippen LogP contribution in [0.1, 0.15) is 18.7 Å². The number of imidazole rings is 1. The molecular weight excluding hydrogens is 301 g/mol. The zero-order valence-electron chi connectivity index (χ0n) is 8.39. The van der Waals surface area contributed by atoms with E-state index in [4.69, 9.17) is 5.73 Å². The minimum absolute atomic E-state index is 0.00892. The van der Waals surface area contributed by atoms with Crippen LogP contribution < -0.4 is 5.73 Å². The Morgan fingerprint density at radius 1 is 1.47 bits per heavy atom. The Morgan fingerprint density at radius 3 is 2.93 bits per heavy atom. The maximum absolute atomic E-state index is 5.87. The van der Waals surface area contributed by atoms with Gasteiger partial charge in [-0.3, -0.25) is 0 Å². The Labute approximate surface area is 102 Å². The summed E-state index contributed by atoms with van der Waals surface area (Å²) in [6, 6.07) is 8.24. The molecule has 1 atom stereocenters. The average Bonchev–Trinajstić information content (AvgIpc) is 2.65. The van der Waals surface area contributed by atoms with Crippen LogP contribution in [0.15, 0.2) is 36.8 Å². The van der Waals surface area contributed by atoms with Crippen molar-refractivity contribution in [3.8, 4) is 5.69 Å². The summed E-state index contributed by atoms with van der Waals surface area (Å²) in [6.07, 6.45) is 3.61. The van der Waals surface area contributed by atoms with Gasteiger partial charge in [0.2, 0.25) is 0 Å². The van der Waals surface area contributed by atoms with Crippen molar-refractivity contribution in [2.45, 2.75) is 13.0 Å². The molecule has 2 rings (SSSR count). The third-order valence-corrected chi connectivity index (χ3v) is 2.89. The SMILES string of the molecule is C[C@H](N)c1cncn1-c1cccc(I)c1. The van der Waals surface area contributed by atoms with E-state index in [-0.39, 0.29) is 6.04 Å². The molecule has 0 amide bonds. The van der Waals surface area contributed by atoms with E-state index < -0.39 is 0 Å². The second-order valence-electron chi connectivity index (χ2n) is 3.46. The van der Waals surface area contributed by atoms with Crippen molar-refractivity contribution in [1.29, 1.82) is 0 Å². The van der Waals surface area contributed by atoms with E-state index in [1.807, 2.05) is 23.8 Å². The maximum Gasteiger partial charge on any atom is 0.0994 e. The molecule has 4 heteroatoms. The second kappa shape index (κ2) is 4.32. The summed E-state index contributed by atoms with van der Waals surface area (Å²) >= 11 is 2.29. The Bertz CT molecular complexity index is 462. The van der Waals surface area contributed by atoms with Crippen LogP contribution in [-0.2, 0) is 0 Å². The van der Waals surface area contributed by atoms with Gasteiger partial charge in [-0.1, -0.05) is 6.07 Å². The summed E-state index contributed by atoms with van der Waals surface area (Å²) in [7, 11) is 0. The number of nitrogens with zero attached hydrogens (tertiary/aromatic N) is 2. The standard InChI is InChI=1S/C11H12IN3/c1-8(13)11-6-14-7-15(11)10-4-2-3-9(12)5-10/h2-8H,13H2,1H3/t8-/m0/s1. The molecule has 0 aliphatic carbocycles. The summed E-state index contributed by atoms with van der Waals surface area (Å²) in [4.78, 5) is 4.13. The highest BCUT2D eigenvalue weighted by molar-refractivity contribution is 14.1. The van der Waals surface area contributed by atoms with E-state index in [9.17, 15) is 0 Å². The van der Waals surface area contributed by atoms with Gasteiger partial charge < -0.3 is 10.3 Å². The molecule has 0 spiro atoms. The van der Waals surface area contributed by atoms with Crippen molar-refractivity contribution in [1.82, 2.24) is 9.55 Å². The fourth-order valence-corrected chi connectivity index (χ4v) is 2.01. The quantitative estimate of drug-likeness (QED) is 0.866. The van der Waals surface area contributed by atoms with Gasteiger partial charge >= 0.3 is 0 Å². The first kappa shape index (κ1) is 10.6. The molecule has 2 N–H and O–H groups in total. The molecule has 2 aromatic rings. The van der Waals surface area contributed by atoms with Crippen LogP contribution in [0.4, 0.5) is 0 Å². The van der Waals surface area contributed by atoms with Crippen LogP contribution in [0.25, 0.3) is 5.69 Å². The molecule has 1 aromatic heterocycles. The average molecular weight is 313 g/mol. The molecule has 15 heavy (non-hydrogen) atoms. The van der Waals surface area contributed by atoms with Crippen molar-refractivity contribution in [3.63, 3.8) is 0 Å². The molecule has 3 nitrogen and oxygen atoms in total. The van der Waals surface area contributed by atoms with E-state index in [1.54, 1.807) is 6.33 Å². The van der Waals surface area contributed by atoms with E-state index in [1.165, 1.54) is 3.57 Å². The lowest BCUT2D eigenvalue weighted by Gasteiger charge is -2.10. The molecule has 78 valence electrons. The fraction of sp³-hybridized carbons (Fsp3) is 0.182. The third kappa shape index (κ3) is 2.21. The summed E-state index contributed by atoms with van der Waals surface area (Å²) in [5.41, 5.74) is 8.00. The Balaban J connectivity index is 2.49. The molecule has 0 aliphatic rings. The van der Waals surface area contributed by atoms with Gasteiger partial charge in [0.25, 0.3) is 0 Å². The molecule has 0 radical (unpaired) electrons. The largest absolute Gasteiger partial charge is 0.323 e. The van der Waals surface area contributed by atoms with E-state index >= 15 is 0 Å². The summed E-state index contributed by atoms with van der Waals surface area (Å²) in [5, 5.41) is 0. The predicted molar refractivity (Wildman–Crippen MR) is 68.9 cm³/mol. The van der Waals surface area contributed by atoms with Gasteiger partial charge in [-0.15, -0.1) is 0 Å². The van der Waals surface area contributed by atoms with Crippen LogP contribution in [0.3, 0.4) is 0 Å². The number of benzene rings is 1. The molecule has 1 aromatic carbocycles. The van der Waals surface area contributed by atoms with E-state index in [0.717, 1.165) is 11.4 Å². The molecular formula is C11H12IN3. The number of hydrogen-bond donors (Lipinski definition) is 1. The molecule has 0 saturated carbocycles. The highest BCUT2D eigenvalue weighted by Crippen LogP contribution is 2.17. The van der Waals surface area contributed by atoms with Crippen molar-refractivity contribution < 1.29 is 0 Å². The minimum atomic E-state index is -0.00892. The number of halogens is 1. The van der Waals surface area contributed by atoms with Crippen LogP contribution in [0, 0.1) is 3.57 Å². The molecule has 0 fully saturated rings. The van der Waals surface area contributed by atoms with Gasteiger partial charge in [0.05, 0.1) is 18.2 Å². The van der Waals surface area contributed by atoms with Crippen LogP contribution in [0.2, 0.25) is 0 Å². The van der Waals surface area contributed by atoms with Crippen molar-refractivity contribution in [2.75, 3.05) is 0 Å². The fourth-order valence-electron chi connectivity index (χ4n) is 1.48. The maximum atomic E-state index is 5.87. The normalized spacial score (nSPS) is 12.7. The van der Waals surface area contributed by atoms with Crippen molar-refractivity contribution in [3.05, 3.63) is 46.1 Å². The van der Waals surface area contributed by atoms with E-state index in [2.05, 4.69) is 45.8 Å². The van der Waals surface area contributed by atoms with E-state index in [0.29, 0.717) is 0 Å². The predicted octanol–water partition coefficient (Wildman–Crippen LogP) is 2.50. The molecule has 0 bridgehead atoms. The molecule has 0 unspecified atom stereocenters. The van der Waals surface area contributed by atoms with Crippen molar-refractivity contribution >= 4 is 22.6 Å². The lowest BCUT2D eigenvalue weighted by Crippen LogP contribution is -2.10. The molecule has 0 saturated heterocycles. The van der Waals surface area contributed by atoms with Crippen LogP contribution in [-0.4, -0.2) is 9.55 Å². The Kier molecular flexibility index (Phi) is 3.06. The van der Waals surface area contributed by atoms with Gasteiger partial charge in [-0.2, -0.15) is 0 Å². The zero-order chi connectivity index (χ0) is 10.8. The lowest BCUT2D eigenvalue weighted by molar-refractivity contribution is 0.752. The summed E-state index contributed by atoms with van der Waals surface area (Å²) in [6.45, 7) is 1.96. The van der Waals surface area contributed by atoms with Crippen LogP contribution >= 0.6 is 22.6 Å². The number of hydrogen-bond acceptors (Lipinski definition) is 2. The third-order valence-electron chi connectivity index (χ3n) is 2.22. The topological polar surface area (TPSA) is 43.8 Å². The summed E-state index contributed by atoms with van der Waals surface area (Å²) in [5.74, 6) is 0. The van der Waals surface area contributed by atoms with Gasteiger partial charge in [0.1, 0.15) is 0 Å². The second-order valence-corrected chi connectivity index (χ2v) is 4.70. The van der Waals surface area contributed by atoms with Gasteiger partial charge in [-0.05, 0) is 47.7 Å². The Hall–Kier alpha value is -0.880. The highest BCUT2D eigenvalue weighted by Gasteiger charge is 2.07. The van der Waals surface area contributed by atoms with Gasteiger partial charge in [-0.25, -0.2) is 4.98 Å². The first-order valence-corrected chi connectivity index (χ1v) is 5.80. The lowest BCUT2D eigenvalue weighted by atomic mass is 10.2. The van der Waals surface area contributed by atoms with Gasteiger partial charge in [0.15, 0.2) is 0 Å². The zero-order valence-corrected chi connectivity index (χ0v) is 10.5. The molecule has 0 aliphatic heterocycles. The number of rotatable bonds is 2. The first-order chi connectivity index (χ1) is 7.18. The number of aromatic nitrogens is 2. The van der Waals surface area contributed by atoms with Crippen LogP contribution in [0.5, 0.6) is 0 Å².